The highest BCUT2D eigenvalue weighted by Gasteiger charge is 2.28. The van der Waals surface area contributed by atoms with Crippen molar-refractivity contribution >= 4 is 17.6 Å². The Labute approximate surface area is 172 Å². The van der Waals surface area contributed by atoms with Crippen LogP contribution in [0.1, 0.15) is 31.4 Å². The van der Waals surface area contributed by atoms with Gasteiger partial charge in [0, 0.05) is 26.0 Å². The molecule has 1 aliphatic heterocycles. The van der Waals surface area contributed by atoms with Crippen molar-refractivity contribution in [3.63, 3.8) is 0 Å². The Morgan fingerprint density at radius 2 is 2.27 bits per heavy atom. The Morgan fingerprint density at radius 1 is 1.40 bits per heavy atom. The number of nitrogens with zero attached hydrogens (tertiary/aromatic N) is 5. The number of aromatic nitrogens is 4. The quantitative estimate of drug-likeness (QED) is 0.663. The molecule has 1 N–H and O–H groups in total. The molecule has 4 heterocycles. The van der Waals surface area contributed by atoms with E-state index in [1.54, 1.807) is 24.0 Å². The first-order valence-corrected chi connectivity index (χ1v) is 9.74. The highest BCUT2D eigenvalue weighted by molar-refractivity contribution is 5.73. The number of amides is 1. The molecule has 1 amide bonds. The zero-order valence-electron chi connectivity index (χ0n) is 16.8. The summed E-state index contributed by atoms with van der Waals surface area (Å²) in [7, 11) is 1.56. The van der Waals surface area contributed by atoms with Crippen molar-refractivity contribution in [2.24, 2.45) is 0 Å². The molecule has 0 radical (unpaired) electrons. The minimum Gasteiger partial charge on any atom is -0.405 e. The van der Waals surface area contributed by atoms with Crippen LogP contribution in [0.25, 0.3) is 5.65 Å². The van der Waals surface area contributed by atoms with E-state index in [2.05, 4.69) is 25.3 Å². The summed E-state index contributed by atoms with van der Waals surface area (Å²) in [6.45, 7) is 2.97. The Bertz CT molecular complexity index is 1040. The lowest BCUT2D eigenvalue weighted by Gasteiger charge is -2.26. The number of rotatable bonds is 6. The third-order valence-corrected chi connectivity index (χ3v) is 4.96. The molecule has 0 aromatic carbocycles. The Balaban J connectivity index is 1.57. The topological polar surface area (TPSA) is 93.9 Å². The van der Waals surface area contributed by atoms with Crippen LogP contribution in [0.5, 0.6) is 5.75 Å². The van der Waals surface area contributed by atoms with Gasteiger partial charge in [-0.25, -0.2) is 18.7 Å². The number of hydrogen-bond donors (Lipinski definition) is 1. The number of ether oxygens (including phenoxy) is 2. The van der Waals surface area contributed by atoms with Gasteiger partial charge < -0.3 is 19.7 Å². The van der Waals surface area contributed by atoms with Crippen LogP contribution in [-0.2, 0) is 4.74 Å². The summed E-state index contributed by atoms with van der Waals surface area (Å²) in [5, 5.41) is 6.87. The van der Waals surface area contributed by atoms with E-state index in [0.29, 0.717) is 18.1 Å². The van der Waals surface area contributed by atoms with Crippen LogP contribution >= 0.6 is 0 Å². The average Bonchev–Trinajstić information content (AvgIpc) is 3.35. The first-order valence-electron chi connectivity index (χ1n) is 9.74. The van der Waals surface area contributed by atoms with Crippen LogP contribution in [0.2, 0.25) is 0 Å². The molecule has 10 heteroatoms. The van der Waals surface area contributed by atoms with E-state index in [4.69, 9.17) is 9.47 Å². The molecule has 9 nitrogen and oxygen atoms in total. The molecule has 0 bridgehead atoms. The van der Waals surface area contributed by atoms with Gasteiger partial charge in [-0.15, -0.1) is 0 Å². The van der Waals surface area contributed by atoms with Crippen LogP contribution in [0, 0.1) is 5.82 Å². The number of fused-ring (bicyclic) bond motifs is 1. The normalized spacial score (nSPS) is 17.3. The second kappa shape index (κ2) is 8.62. The van der Waals surface area contributed by atoms with Crippen molar-refractivity contribution in [1.82, 2.24) is 24.9 Å². The fourth-order valence-electron chi connectivity index (χ4n) is 3.69. The van der Waals surface area contributed by atoms with Crippen molar-refractivity contribution < 1.29 is 18.7 Å². The number of methoxy groups -OCH3 is 1. The number of halogens is 1. The fourth-order valence-corrected chi connectivity index (χ4v) is 3.69. The number of hydrogen-bond acceptors (Lipinski definition) is 7. The summed E-state index contributed by atoms with van der Waals surface area (Å²) >= 11 is 0. The van der Waals surface area contributed by atoms with Crippen molar-refractivity contribution in [2.75, 3.05) is 25.2 Å². The van der Waals surface area contributed by atoms with Crippen molar-refractivity contribution in [3.8, 4) is 5.75 Å². The van der Waals surface area contributed by atoms with Gasteiger partial charge in [0.05, 0.1) is 31.1 Å². The molecule has 3 aromatic heterocycles. The smallest absolute Gasteiger partial charge is 0.405 e. The van der Waals surface area contributed by atoms with Crippen molar-refractivity contribution in [1.29, 1.82) is 0 Å². The second-order valence-corrected chi connectivity index (χ2v) is 7.24. The van der Waals surface area contributed by atoms with Gasteiger partial charge in [-0.2, -0.15) is 5.10 Å². The Morgan fingerprint density at radius 3 is 3.07 bits per heavy atom. The monoisotopic (exact) mass is 414 g/mol. The van der Waals surface area contributed by atoms with E-state index < -0.39 is 6.09 Å². The first-order chi connectivity index (χ1) is 14.5. The zero-order valence-corrected chi connectivity index (χ0v) is 16.8. The van der Waals surface area contributed by atoms with Gasteiger partial charge in [-0.05, 0) is 37.5 Å². The van der Waals surface area contributed by atoms with Gasteiger partial charge >= 0.3 is 6.09 Å². The predicted molar refractivity (Wildman–Crippen MR) is 107 cm³/mol. The fraction of sp³-hybridized carbons (Fsp3) is 0.400. The van der Waals surface area contributed by atoms with Crippen molar-refractivity contribution in [2.45, 2.75) is 31.8 Å². The zero-order chi connectivity index (χ0) is 21.1. The predicted octanol–water partition coefficient (Wildman–Crippen LogP) is 2.73. The lowest BCUT2D eigenvalue weighted by Crippen LogP contribution is -2.37. The molecule has 1 aliphatic rings. The van der Waals surface area contributed by atoms with E-state index >= 15 is 0 Å². The highest BCUT2D eigenvalue weighted by Crippen LogP contribution is 2.35. The summed E-state index contributed by atoms with van der Waals surface area (Å²) in [4.78, 5) is 22.9. The summed E-state index contributed by atoms with van der Waals surface area (Å²) in [6.07, 6.45) is 7.31. The maximum atomic E-state index is 13.7. The highest BCUT2D eigenvalue weighted by atomic mass is 19.1. The van der Waals surface area contributed by atoms with Crippen molar-refractivity contribution in [3.05, 3.63) is 48.3 Å². The number of carbonyl (C=O) groups excluding carboxylic acids is 1. The lowest BCUT2D eigenvalue weighted by atomic mass is 10.1. The molecule has 0 saturated carbocycles. The molecule has 0 spiro atoms. The molecule has 1 saturated heterocycles. The Hall–Kier alpha value is -3.27. The van der Waals surface area contributed by atoms with Gasteiger partial charge in [0.2, 0.25) is 5.65 Å². The van der Waals surface area contributed by atoms with Gasteiger partial charge in [-0.1, -0.05) is 0 Å². The molecule has 4 rings (SSSR count). The molecule has 1 unspecified atom stereocenters. The minimum absolute atomic E-state index is 0.0198. The van der Waals surface area contributed by atoms with E-state index in [9.17, 15) is 9.18 Å². The largest absolute Gasteiger partial charge is 0.413 e. The van der Waals surface area contributed by atoms with Crippen LogP contribution in [0.4, 0.5) is 15.0 Å². The molecule has 1 fully saturated rings. The van der Waals surface area contributed by atoms with E-state index in [0.717, 1.165) is 24.9 Å². The van der Waals surface area contributed by atoms with E-state index in [1.807, 2.05) is 13.0 Å². The summed E-state index contributed by atoms with van der Waals surface area (Å²) in [6, 6.07) is 3.13. The Kier molecular flexibility index (Phi) is 5.75. The van der Waals surface area contributed by atoms with Gasteiger partial charge in [0.1, 0.15) is 11.6 Å². The third kappa shape index (κ3) is 4.18. The molecular weight excluding hydrogens is 391 g/mol. The van der Waals surface area contributed by atoms with E-state index in [1.165, 1.54) is 18.5 Å². The minimum atomic E-state index is -0.605. The standard InChI is InChI=1S/C20H23FN6O3/c1-13(12-29-2)24-20(28)30-17-11-23-27-7-5-18(25-19(17)27)26-6-3-4-16(26)14-8-15(21)10-22-9-14/h5,7-11,13,16H,3-4,6,12H2,1-2H3,(H,24,28)/t13?,16-/m1/s1. The molecule has 2 atom stereocenters. The maximum Gasteiger partial charge on any atom is 0.413 e. The summed E-state index contributed by atoms with van der Waals surface area (Å²) in [5.41, 5.74) is 1.23. The van der Waals surface area contributed by atoms with Crippen LogP contribution in [0.15, 0.2) is 36.9 Å². The molecule has 3 aromatic rings. The second-order valence-electron chi connectivity index (χ2n) is 7.24. The number of anilines is 1. The first kappa shape index (κ1) is 20.0. The number of nitrogens with one attached hydrogen (secondary N) is 1. The van der Waals surface area contributed by atoms with Gasteiger partial charge in [-0.3, -0.25) is 4.98 Å². The van der Waals surface area contributed by atoms with Crippen LogP contribution in [-0.4, -0.2) is 52.0 Å². The molecular formula is C20H23FN6O3. The maximum absolute atomic E-state index is 13.7. The average molecular weight is 414 g/mol. The molecule has 0 aliphatic carbocycles. The van der Waals surface area contributed by atoms with Gasteiger partial charge in [0.25, 0.3) is 0 Å². The van der Waals surface area contributed by atoms with Crippen LogP contribution in [0.3, 0.4) is 0 Å². The lowest BCUT2D eigenvalue weighted by molar-refractivity contribution is 0.159. The molecule has 158 valence electrons. The van der Waals surface area contributed by atoms with E-state index in [-0.39, 0.29) is 23.7 Å². The molecule has 30 heavy (non-hydrogen) atoms. The van der Waals surface area contributed by atoms with Gasteiger partial charge in [0.15, 0.2) is 5.75 Å². The SMILES string of the molecule is COCC(C)NC(=O)Oc1cnn2ccc(N3CCC[C@@H]3c3cncc(F)c3)nc12. The number of pyridine rings is 1. The van der Waals surface area contributed by atoms with Crippen LogP contribution < -0.4 is 15.0 Å². The summed E-state index contributed by atoms with van der Waals surface area (Å²) < 4.78 is 25.6. The summed E-state index contributed by atoms with van der Waals surface area (Å²) in [5.74, 6) is 0.595. The number of carbonyl (C=O) groups is 1. The third-order valence-electron chi connectivity index (χ3n) is 4.96.